The van der Waals surface area contributed by atoms with Gasteiger partial charge in [0.25, 0.3) is 5.91 Å². The molecule has 0 saturated carbocycles. The van der Waals surface area contributed by atoms with Gasteiger partial charge in [0.2, 0.25) is 0 Å². The molecule has 0 bridgehead atoms. The molecule has 154 valence electrons. The van der Waals surface area contributed by atoms with Crippen molar-refractivity contribution in [2.24, 2.45) is 0 Å². The number of fused-ring (bicyclic) bond motifs is 2. The molecule has 0 spiro atoms. The summed E-state index contributed by atoms with van der Waals surface area (Å²) in [5.41, 5.74) is 5.57. The zero-order valence-corrected chi connectivity index (χ0v) is 17.4. The lowest BCUT2D eigenvalue weighted by molar-refractivity contribution is 0.0736. The van der Waals surface area contributed by atoms with Gasteiger partial charge in [-0.05, 0) is 60.9 Å². The van der Waals surface area contributed by atoms with Gasteiger partial charge in [0, 0.05) is 36.4 Å². The lowest BCUT2D eigenvalue weighted by Crippen LogP contribution is -2.36. The van der Waals surface area contributed by atoms with Crippen molar-refractivity contribution >= 4 is 16.8 Å². The molecule has 1 aliphatic heterocycles. The van der Waals surface area contributed by atoms with Crippen LogP contribution in [0, 0.1) is 0 Å². The Bertz CT molecular complexity index is 1250. The number of para-hydroxylation sites is 1. The first-order chi connectivity index (χ1) is 15.2. The number of aromatic nitrogens is 2. The Morgan fingerprint density at radius 3 is 2.81 bits per heavy atom. The minimum Gasteiger partial charge on any atom is -0.494 e. The molecule has 31 heavy (non-hydrogen) atoms. The van der Waals surface area contributed by atoms with E-state index in [1.165, 1.54) is 5.56 Å². The third kappa shape index (κ3) is 3.75. The molecule has 4 aromatic rings. The van der Waals surface area contributed by atoms with Crippen molar-refractivity contribution in [1.29, 1.82) is 0 Å². The van der Waals surface area contributed by atoms with Crippen molar-refractivity contribution in [2.45, 2.75) is 19.9 Å². The minimum absolute atomic E-state index is 0.0243. The maximum Gasteiger partial charge on any atom is 0.254 e. The Hall–Kier alpha value is -3.73. The van der Waals surface area contributed by atoms with Gasteiger partial charge in [0.05, 0.1) is 23.4 Å². The Kier molecular flexibility index (Phi) is 5.08. The fraction of sp³-hybridized carbons (Fsp3) is 0.192. The van der Waals surface area contributed by atoms with Gasteiger partial charge in [-0.25, -0.2) is 4.98 Å². The highest BCUT2D eigenvalue weighted by Gasteiger charge is 2.24. The highest BCUT2D eigenvalue weighted by atomic mass is 16.5. The number of nitrogens with zero attached hydrogens (tertiary/aromatic N) is 3. The molecule has 0 aliphatic carbocycles. The van der Waals surface area contributed by atoms with Crippen LogP contribution in [0.15, 0.2) is 73.1 Å². The molecule has 1 aliphatic rings. The average molecular weight is 409 g/mol. The standard InChI is InChI=1S/C26H23N3O2/c1-2-31-21-10-9-18-11-13-29(17-20(18)14-21)26(30)23-15-25(19-6-5-12-27-16-19)28-24-8-4-3-7-22(23)24/h3-10,12,14-16H,2,11,13,17H2,1H3. The van der Waals surface area contributed by atoms with E-state index in [2.05, 4.69) is 17.1 Å². The van der Waals surface area contributed by atoms with Crippen molar-refractivity contribution in [3.8, 4) is 17.0 Å². The first-order valence-corrected chi connectivity index (χ1v) is 10.6. The summed E-state index contributed by atoms with van der Waals surface area (Å²) in [5, 5.41) is 0.869. The first-order valence-electron chi connectivity index (χ1n) is 10.6. The maximum atomic E-state index is 13.7. The zero-order chi connectivity index (χ0) is 21.2. The van der Waals surface area contributed by atoms with Crippen LogP contribution in [-0.2, 0) is 13.0 Å². The quantitative estimate of drug-likeness (QED) is 0.481. The molecule has 0 saturated heterocycles. The van der Waals surface area contributed by atoms with E-state index < -0.39 is 0 Å². The van der Waals surface area contributed by atoms with E-state index in [-0.39, 0.29) is 5.91 Å². The van der Waals surface area contributed by atoms with Gasteiger partial charge in [-0.15, -0.1) is 0 Å². The fourth-order valence-electron chi connectivity index (χ4n) is 4.15. The molecule has 3 heterocycles. The van der Waals surface area contributed by atoms with Crippen LogP contribution in [0.3, 0.4) is 0 Å². The number of carbonyl (C=O) groups is 1. The monoisotopic (exact) mass is 409 g/mol. The highest BCUT2D eigenvalue weighted by Crippen LogP contribution is 2.29. The van der Waals surface area contributed by atoms with Gasteiger partial charge in [0.15, 0.2) is 0 Å². The van der Waals surface area contributed by atoms with E-state index in [0.29, 0.717) is 25.3 Å². The van der Waals surface area contributed by atoms with E-state index in [0.717, 1.165) is 39.9 Å². The van der Waals surface area contributed by atoms with Gasteiger partial charge < -0.3 is 9.64 Å². The molecule has 0 fully saturated rings. The van der Waals surface area contributed by atoms with E-state index in [9.17, 15) is 4.79 Å². The van der Waals surface area contributed by atoms with Crippen molar-refractivity contribution < 1.29 is 9.53 Å². The molecule has 5 nitrogen and oxygen atoms in total. The molecule has 2 aromatic carbocycles. The molecule has 2 aromatic heterocycles. The second-order valence-corrected chi connectivity index (χ2v) is 7.65. The number of amides is 1. The van der Waals surface area contributed by atoms with E-state index in [1.54, 1.807) is 12.4 Å². The highest BCUT2D eigenvalue weighted by molar-refractivity contribution is 6.07. The third-order valence-electron chi connectivity index (χ3n) is 5.69. The van der Waals surface area contributed by atoms with Gasteiger partial charge in [-0.3, -0.25) is 9.78 Å². The molecule has 0 unspecified atom stereocenters. The molecule has 0 N–H and O–H groups in total. The van der Waals surface area contributed by atoms with Crippen molar-refractivity contribution in [3.05, 3.63) is 89.7 Å². The van der Waals surface area contributed by atoms with Crippen LogP contribution < -0.4 is 4.74 Å². The molecular weight excluding hydrogens is 386 g/mol. The normalized spacial score (nSPS) is 13.1. The Morgan fingerprint density at radius 1 is 1.06 bits per heavy atom. The second-order valence-electron chi connectivity index (χ2n) is 7.65. The van der Waals surface area contributed by atoms with Crippen molar-refractivity contribution in [1.82, 2.24) is 14.9 Å². The van der Waals surface area contributed by atoms with E-state index >= 15 is 0 Å². The van der Waals surface area contributed by atoms with Gasteiger partial charge in [-0.1, -0.05) is 24.3 Å². The number of benzene rings is 2. The topological polar surface area (TPSA) is 55.3 Å². The third-order valence-corrected chi connectivity index (χ3v) is 5.69. The maximum absolute atomic E-state index is 13.7. The van der Waals surface area contributed by atoms with Crippen LogP contribution in [0.1, 0.15) is 28.4 Å². The van der Waals surface area contributed by atoms with Gasteiger partial charge >= 0.3 is 0 Å². The lowest BCUT2D eigenvalue weighted by atomic mass is 9.97. The zero-order valence-electron chi connectivity index (χ0n) is 17.4. The summed E-state index contributed by atoms with van der Waals surface area (Å²) in [5.74, 6) is 0.875. The molecule has 5 heteroatoms. The van der Waals surface area contributed by atoms with Crippen LogP contribution in [0.2, 0.25) is 0 Å². The van der Waals surface area contributed by atoms with Gasteiger partial charge in [0.1, 0.15) is 5.75 Å². The largest absolute Gasteiger partial charge is 0.494 e. The Morgan fingerprint density at radius 2 is 1.97 bits per heavy atom. The molecule has 0 atom stereocenters. The number of hydrogen-bond acceptors (Lipinski definition) is 4. The summed E-state index contributed by atoms with van der Waals surface area (Å²) < 4.78 is 5.66. The van der Waals surface area contributed by atoms with Crippen LogP contribution in [0.25, 0.3) is 22.2 Å². The molecule has 0 radical (unpaired) electrons. The van der Waals surface area contributed by atoms with Gasteiger partial charge in [-0.2, -0.15) is 0 Å². The summed E-state index contributed by atoms with van der Waals surface area (Å²) >= 11 is 0. The summed E-state index contributed by atoms with van der Waals surface area (Å²) in [6, 6.07) is 19.7. The summed E-state index contributed by atoms with van der Waals surface area (Å²) in [6.45, 7) is 3.87. The van der Waals surface area contributed by atoms with Crippen LogP contribution in [0.4, 0.5) is 0 Å². The molecule has 5 rings (SSSR count). The predicted molar refractivity (Wildman–Crippen MR) is 121 cm³/mol. The molecule has 1 amide bonds. The van der Waals surface area contributed by atoms with E-state index in [4.69, 9.17) is 9.72 Å². The Balaban J connectivity index is 1.53. The number of pyridine rings is 2. The van der Waals surface area contributed by atoms with E-state index in [1.807, 2.05) is 60.4 Å². The number of ether oxygens (including phenoxy) is 1. The SMILES string of the molecule is CCOc1ccc2c(c1)CN(C(=O)c1cc(-c3cccnc3)nc3ccccc13)CC2. The minimum atomic E-state index is 0.0243. The summed E-state index contributed by atoms with van der Waals surface area (Å²) in [4.78, 5) is 24.6. The summed E-state index contributed by atoms with van der Waals surface area (Å²) in [6.07, 6.45) is 4.35. The summed E-state index contributed by atoms with van der Waals surface area (Å²) in [7, 11) is 0. The molecular formula is C26H23N3O2. The van der Waals surface area contributed by atoms with Crippen molar-refractivity contribution in [2.75, 3.05) is 13.2 Å². The van der Waals surface area contributed by atoms with Crippen LogP contribution in [-0.4, -0.2) is 33.9 Å². The fourth-order valence-corrected chi connectivity index (χ4v) is 4.15. The number of rotatable bonds is 4. The van der Waals surface area contributed by atoms with Crippen LogP contribution in [0.5, 0.6) is 5.75 Å². The average Bonchev–Trinajstić information content (AvgIpc) is 2.83. The van der Waals surface area contributed by atoms with Crippen LogP contribution >= 0.6 is 0 Å². The lowest BCUT2D eigenvalue weighted by Gasteiger charge is -2.29. The Labute approximate surface area is 181 Å². The second kappa shape index (κ2) is 8.19. The smallest absolute Gasteiger partial charge is 0.254 e. The predicted octanol–water partition coefficient (Wildman–Crippen LogP) is 4.89. The van der Waals surface area contributed by atoms with Crippen molar-refractivity contribution in [3.63, 3.8) is 0 Å². The first kappa shape index (κ1) is 19.2. The number of carbonyl (C=O) groups excluding carboxylic acids is 1. The number of hydrogen-bond donors (Lipinski definition) is 0.